The van der Waals surface area contributed by atoms with Crippen molar-refractivity contribution < 1.29 is 9.59 Å². The van der Waals surface area contributed by atoms with Gasteiger partial charge in [-0.2, -0.15) is 0 Å². The van der Waals surface area contributed by atoms with Crippen LogP contribution in [0.5, 0.6) is 0 Å². The van der Waals surface area contributed by atoms with E-state index < -0.39 is 0 Å². The molecule has 2 amide bonds. The molecule has 0 radical (unpaired) electrons. The van der Waals surface area contributed by atoms with Crippen molar-refractivity contribution in [1.29, 1.82) is 0 Å². The van der Waals surface area contributed by atoms with E-state index in [4.69, 9.17) is 11.6 Å². The predicted octanol–water partition coefficient (Wildman–Crippen LogP) is 3.44. The minimum absolute atomic E-state index is 0.108. The Hall–Kier alpha value is -2.64. The first kappa shape index (κ1) is 16.8. The molecule has 1 fully saturated rings. The summed E-state index contributed by atoms with van der Waals surface area (Å²) in [5.41, 5.74) is 3.30. The molecule has 0 aliphatic carbocycles. The second kappa shape index (κ2) is 6.59. The molecule has 1 N–H and O–H groups in total. The molecule has 2 heterocycles. The number of amidine groups is 1. The zero-order valence-electron chi connectivity index (χ0n) is 13.7. The zero-order chi connectivity index (χ0) is 18.3. The molecule has 0 aromatic heterocycles. The summed E-state index contributed by atoms with van der Waals surface area (Å²) in [6.07, 6.45) is 0. The van der Waals surface area contributed by atoms with E-state index in [9.17, 15) is 9.59 Å². The Labute approximate surface area is 158 Å². The fourth-order valence-electron chi connectivity index (χ4n) is 2.76. The Morgan fingerprint density at radius 2 is 2.00 bits per heavy atom. The number of halogens is 1. The summed E-state index contributed by atoms with van der Waals surface area (Å²) < 4.78 is 0. The van der Waals surface area contributed by atoms with Crippen molar-refractivity contribution in [2.24, 2.45) is 10.2 Å². The van der Waals surface area contributed by atoms with Gasteiger partial charge in [0.05, 0.1) is 17.1 Å². The van der Waals surface area contributed by atoms with E-state index in [-0.39, 0.29) is 23.3 Å². The van der Waals surface area contributed by atoms with E-state index >= 15 is 0 Å². The lowest BCUT2D eigenvalue weighted by Crippen LogP contribution is -2.29. The molecule has 2 aromatic rings. The lowest BCUT2D eigenvalue weighted by atomic mass is 10.1. The maximum Gasteiger partial charge on any atom is 0.276 e. The lowest BCUT2D eigenvalue weighted by Gasteiger charge is -2.15. The fourth-order valence-corrected chi connectivity index (χ4v) is 3.77. The van der Waals surface area contributed by atoms with Crippen molar-refractivity contribution in [1.82, 2.24) is 0 Å². The minimum Gasteiger partial charge on any atom is -0.320 e. The van der Waals surface area contributed by atoms with E-state index in [1.54, 1.807) is 24.3 Å². The van der Waals surface area contributed by atoms with Gasteiger partial charge in [-0.05, 0) is 37.3 Å². The largest absolute Gasteiger partial charge is 0.320 e. The molecule has 0 unspecified atom stereocenters. The molecule has 8 heteroatoms. The van der Waals surface area contributed by atoms with Crippen LogP contribution in [0.3, 0.4) is 0 Å². The molecule has 2 aliphatic rings. The van der Waals surface area contributed by atoms with Crippen LogP contribution < -0.4 is 10.2 Å². The Kier molecular flexibility index (Phi) is 4.26. The number of anilines is 2. The number of fused-ring (bicyclic) bond motifs is 1. The Bertz CT molecular complexity index is 1000. The third-order valence-electron chi connectivity index (χ3n) is 3.96. The molecule has 0 bridgehead atoms. The molecule has 0 saturated carbocycles. The van der Waals surface area contributed by atoms with Gasteiger partial charge >= 0.3 is 0 Å². The predicted molar refractivity (Wildman–Crippen MR) is 105 cm³/mol. The second-order valence-corrected chi connectivity index (χ2v) is 7.21. The van der Waals surface area contributed by atoms with Crippen molar-refractivity contribution >= 4 is 57.4 Å². The highest BCUT2D eigenvalue weighted by Gasteiger charge is 2.31. The molecule has 130 valence electrons. The number of amides is 2. The standard InChI is InChI=1S/C18H13ClN4O2S/c1-10-5-6-14-13(7-10)16(17(25)20-14)21-22-18-23(15(24)9-26-18)12-4-2-3-11(19)8-12/h2-8H,9H2,1H3,(H,20,21,25). The average molecular weight is 385 g/mol. The van der Waals surface area contributed by atoms with E-state index in [2.05, 4.69) is 15.5 Å². The molecule has 2 aromatic carbocycles. The third kappa shape index (κ3) is 3.00. The van der Waals surface area contributed by atoms with E-state index in [1.165, 1.54) is 16.7 Å². The van der Waals surface area contributed by atoms with Crippen molar-refractivity contribution in [3.8, 4) is 0 Å². The quantitative estimate of drug-likeness (QED) is 0.806. The van der Waals surface area contributed by atoms with Crippen LogP contribution in [0.15, 0.2) is 52.7 Å². The van der Waals surface area contributed by atoms with Gasteiger partial charge in [0.2, 0.25) is 5.91 Å². The lowest BCUT2D eigenvalue weighted by molar-refractivity contribution is -0.115. The number of hydrogen-bond acceptors (Lipinski definition) is 5. The van der Waals surface area contributed by atoms with Crippen LogP contribution in [0.4, 0.5) is 11.4 Å². The van der Waals surface area contributed by atoms with E-state index in [0.29, 0.717) is 27.1 Å². The SMILES string of the molecule is Cc1ccc2c(c1)C(=NN=C1SCC(=O)N1c1cccc(Cl)c1)C(=O)N2. The van der Waals surface area contributed by atoms with Crippen molar-refractivity contribution in [3.63, 3.8) is 0 Å². The monoisotopic (exact) mass is 384 g/mol. The summed E-state index contributed by atoms with van der Waals surface area (Å²) in [4.78, 5) is 25.9. The average Bonchev–Trinajstić information content (AvgIpc) is 3.12. The van der Waals surface area contributed by atoms with E-state index in [0.717, 1.165) is 5.56 Å². The van der Waals surface area contributed by atoms with Crippen LogP contribution in [0.1, 0.15) is 11.1 Å². The van der Waals surface area contributed by atoms with Crippen LogP contribution in [-0.2, 0) is 9.59 Å². The highest BCUT2D eigenvalue weighted by molar-refractivity contribution is 8.15. The summed E-state index contributed by atoms with van der Waals surface area (Å²) in [5, 5.41) is 12.0. The number of nitrogens with one attached hydrogen (secondary N) is 1. The van der Waals surface area contributed by atoms with Gasteiger partial charge in [0.25, 0.3) is 5.91 Å². The Morgan fingerprint density at radius 3 is 2.81 bits per heavy atom. The Balaban J connectivity index is 1.72. The molecule has 4 rings (SSSR count). The minimum atomic E-state index is -0.307. The van der Waals surface area contributed by atoms with Gasteiger partial charge in [0.1, 0.15) is 0 Å². The van der Waals surface area contributed by atoms with Crippen LogP contribution in [-0.4, -0.2) is 28.4 Å². The molecule has 0 spiro atoms. The fraction of sp³-hybridized carbons (Fsp3) is 0.111. The van der Waals surface area contributed by atoms with Gasteiger partial charge in [-0.3, -0.25) is 14.5 Å². The molecule has 1 saturated heterocycles. The van der Waals surface area contributed by atoms with Crippen LogP contribution in [0.25, 0.3) is 0 Å². The second-order valence-electron chi connectivity index (χ2n) is 5.83. The molecule has 26 heavy (non-hydrogen) atoms. The summed E-state index contributed by atoms with van der Waals surface area (Å²) in [6.45, 7) is 1.94. The molecular weight excluding hydrogens is 372 g/mol. The molecular formula is C18H13ClN4O2S. The summed E-state index contributed by atoms with van der Waals surface area (Å²) in [7, 11) is 0. The van der Waals surface area contributed by atoms with Crippen LogP contribution in [0.2, 0.25) is 5.02 Å². The topological polar surface area (TPSA) is 74.1 Å². The third-order valence-corrected chi connectivity index (χ3v) is 5.11. The summed E-state index contributed by atoms with van der Waals surface area (Å²) >= 11 is 7.30. The van der Waals surface area contributed by atoms with Gasteiger partial charge < -0.3 is 5.32 Å². The first-order chi connectivity index (χ1) is 12.5. The Morgan fingerprint density at radius 1 is 1.15 bits per heavy atom. The van der Waals surface area contributed by atoms with Gasteiger partial charge in [-0.15, -0.1) is 10.2 Å². The van der Waals surface area contributed by atoms with E-state index in [1.807, 2.05) is 25.1 Å². The smallest absolute Gasteiger partial charge is 0.276 e. The number of rotatable bonds is 2. The highest BCUT2D eigenvalue weighted by Crippen LogP contribution is 2.29. The highest BCUT2D eigenvalue weighted by atomic mass is 35.5. The number of carbonyl (C=O) groups excluding carboxylic acids is 2. The van der Waals surface area contributed by atoms with Crippen molar-refractivity contribution in [2.45, 2.75) is 6.92 Å². The summed E-state index contributed by atoms with van der Waals surface area (Å²) in [5.74, 6) is -0.153. The number of nitrogens with zero attached hydrogens (tertiary/aromatic N) is 3. The maximum atomic E-state index is 12.3. The number of benzene rings is 2. The summed E-state index contributed by atoms with van der Waals surface area (Å²) in [6, 6.07) is 12.6. The maximum absolute atomic E-state index is 12.3. The van der Waals surface area contributed by atoms with Crippen molar-refractivity contribution in [2.75, 3.05) is 16.0 Å². The van der Waals surface area contributed by atoms with Gasteiger partial charge in [0, 0.05) is 10.6 Å². The first-order valence-electron chi connectivity index (χ1n) is 7.82. The van der Waals surface area contributed by atoms with Crippen molar-refractivity contribution in [3.05, 3.63) is 58.6 Å². The number of carbonyl (C=O) groups is 2. The van der Waals surface area contributed by atoms with Gasteiger partial charge in [0.15, 0.2) is 10.9 Å². The molecule has 0 atom stereocenters. The van der Waals surface area contributed by atoms with Gasteiger partial charge in [-0.25, -0.2) is 0 Å². The first-order valence-corrected chi connectivity index (χ1v) is 9.18. The molecule has 2 aliphatic heterocycles. The van der Waals surface area contributed by atoms with Crippen LogP contribution >= 0.6 is 23.4 Å². The van der Waals surface area contributed by atoms with Gasteiger partial charge in [-0.1, -0.05) is 41.1 Å². The molecule has 6 nitrogen and oxygen atoms in total. The zero-order valence-corrected chi connectivity index (χ0v) is 15.3. The van der Waals surface area contributed by atoms with Crippen LogP contribution in [0, 0.1) is 6.92 Å². The number of thioether (sulfide) groups is 1. The number of aryl methyl sites for hydroxylation is 1. The number of hydrogen-bond donors (Lipinski definition) is 1. The normalized spacial score (nSPS) is 19.4.